The van der Waals surface area contributed by atoms with Crippen LogP contribution in [0.4, 0.5) is 0 Å². The molecule has 0 radical (unpaired) electrons. The van der Waals surface area contributed by atoms with Crippen molar-refractivity contribution in [2.45, 2.75) is 33.2 Å². The van der Waals surface area contributed by atoms with Gasteiger partial charge in [-0.05, 0) is 37.5 Å². The third kappa shape index (κ3) is 4.80. The molecule has 1 unspecified atom stereocenters. The highest BCUT2D eigenvalue weighted by Gasteiger charge is 2.16. The van der Waals surface area contributed by atoms with Crippen molar-refractivity contribution in [1.82, 2.24) is 15.3 Å². The second kappa shape index (κ2) is 9.09. The zero-order valence-corrected chi connectivity index (χ0v) is 18.2. The molecule has 1 heterocycles. The number of benzene rings is 3. The number of amides is 1. The number of nitrogens with one attached hydrogen (secondary N) is 1. The smallest absolute Gasteiger partial charge is 0.251 e. The molecule has 0 aliphatic rings. The van der Waals surface area contributed by atoms with Crippen LogP contribution in [0.3, 0.4) is 0 Å². The summed E-state index contributed by atoms with van der Waals surface area (Å²) in [5.41, 5.74) is 5.74. The predicted octanol–water partition coefficient (Wildman–Crippen LogP) is 6.13. The topological polar surface area (TPSA) is 54.9 Å². The minimum absolute atomic E-state index is 0.0785. The minimum Gasteiger partial charge on any atom is -0.350 e. The molecule has 0 saturated carbocycles. The molecule has 0 spiro atoms. The maximum absolute atomic E-state index is 12.8. The fourth-order valence-electron chi connectivity index (χ4n) is 3.86. The Morgan fingerprint density at radius 3 is 1.87 bits per heavy atom. The van der Waals surface area contributed by atoms with Crippen molar-refractivity contribution in [3.05, 3.63) is 84.4 Å². The van der Waals surface area contributed by atoms with E-state index in [1.54, 1.807) is 0 Å². The van der Waals surface area contributed by atoms with Gasteiger partial charge >= 0.3 is 0 Å². The highest BCUT2D eigenvalue weighted by atomic mass is 16.1. The molecular weight excluding hydrogens is 382 g/mol. The van der Waals surface area contributed by atoms with Gasteiger partial charge in [-0.25, -0.2) is 9.97 Å². The molecular formula is C27H27N3O. The fourth-order valence-corrected chi connectivity index (χ4v) is 3.86. The van der Waals surface area contributed by atoms with E-state index in [0.717, 1.165) is 34.5 Å². The number of hydrogen-bond acceptors (Lipinski definition) is 3. The maximum Gasteiger partial charge on any atom is 0.251 e. The number of fused-ring (bicyclic) bond motifs is 1. The summed E-state index contributed by atoms with van der Waals surface area (Å²) in [4.78, 5) is 22.6. The summed E-state index contributed by atoms with van der Waals surface area (Å²) in [6.07, 6.45) is 0.942. The Bertz CT molecular complexity index is 1190. The van der Waals surface area contributed by atoms with E-state index in [4.69, 9.17) is 9.97 Å². The highest BCUT2D eigenvalue weighted by Crippen LogP contribution is 2.31. The van der Waals surface area contributed by atoms with Crippen LogP contribution >= 0.6 is 0 Å². The Morgan fingerprint density at radius 1 is 0.774 bits per heavy atom. The molecule has 1 N–H and O–H groups in total. The Kier molecular flexibility index (Phi) is 6.08. The summed E-state index contributed by atoms with van der Waals surface area (Å²) in [6, 6.07) is 25.8. The lowest BCUT2D eigenvalue weighted by Crippen LogP contribution is -2.33. The molecule has 3 aromatic carbocycles. The first-order chi connectivity index (χ1) is 15.0. The summed E-state index contributed by atoms with van der Waals surface area (Å²) in [7, 11) is 0. The first kappa shape index (κ1) is 20.7. The average molecular weight is 410 g/mol. The van der Waals surface area contributed by atoms with E-state index >= 15 is 0 Å². The van der Waals surface area contributed by atoms with Crippen molar-refractivity contribution in [2.75, 3.05) is 0 Å². The lowest BCUT2D eigenvalue weighted by Gasteiger charge is -2.16. The molecule has 31 heavy (non-hydrogen) atoms. The first-order valence-corrected chi connectivity index (χ1v) is 10.7. The van der Waals surface area contributed by atoms with E-state index < -0.39 is 0 Å². The lowest BCUT2D eigenvalue weighted by atomic mass is 10.0. The molecule has 0 aliphatic carbocycles. The quantitative estimate of drug-likeness (QED) is 0.417. The summed E-state index contributed by atoms with van der Waals surface area (Å²) >= 11 is 0. The van der Waals surface area contributed by atoms with E-state index in [-0.39, 0.29) is 11.9 Å². The molecule has 0 aliphatic heterocycles. The van der Waals surface area contributed by atoms with Crippen LogP contribution in [0.15, 0.2) is 78.9 Å². The molecule has 1 atom stereocenters. The number of hydrogen-bond donors (Lipinski definition) is 1. The minimum atomic E-state index is -0.0785. The van der Waals surface area contributed by atoms with Crippen molar-refractivity contribution in [2.24, 2.45) is 5.92 Å². The number of aromatic nitrogens is 2. The summed E-state index contributed by atoms with van der Waals surface area (Å²) < 4.78 is 0. The Morgan fingerprint density at radius 2 is 1.32 bits per heavy atom. The van der Waals surface area contributed by atoms with Crippen LogP contribution < -0.4 is 5.32 Å². The third-order valence-electron chi connectivity index (χ3n) is 5.22. The van der Waals surface area contributed by atoms with Crippen LogP contribution in [0.2, 0.25) is 0 Å². The average Bonchev–Trinajstić information content (AvgIpc) is 2.78. The zero-order chi connectivity index (χ0) is 21.8. The standard InChI is InChI=1S/C27H27N3O/c1-18(2)16-19(3)28-27(31)22-14-15-23-24(17-22)30-26(21-12-8-5-9-13-21)25(29-23)20-10-6-4-7-11-20/h4-15,17-19H,16H2,1-3H3,(H,28,31). The van der Waals surface area contributed by atoms with Crippen molar-refractivity contribution < 1.29 is 4.79 Å². The van der Waals surface area contributed by atoms with Gasteiger partial charge in [-0.1, -0.05) is 74.5 Å². The first-order valence-electron chi connectivity index (χ1n) is 10.7. The van der Waals surface area contributed by atoms with Crippen molar-refractivity contribution >= 4 is 16.9 Å². The van der Waals surface area contributed by atoms with Crippen LogP contribution in [-0.2, 0) is 0 Å². The molecule has 4 nitrogen and oxygen atoms in total. The largest absolute Gasteiger partial charge is 0.350 e. The van der Waals surface area contributed by atoms with E-state index in [0.29, 0.717) is 17.0 Å². The van der Waals surface area contributed by atoms with Gasteiger partial charge < -0.3 is 5.32 Å². The molecule has 0 saturated heterocycles. The van der Waals surface area contributed by atoms with Crippen molar-refractivity contribution in [1.29, 1.82) is 0 Å². The summed E-state index contributed by atoms with van der Waals surface area (Å²) in [5.74, 6) is 0.452. The van der Waals surface area contributed by atoms with Gasteiger partial charge in [0.25, 0.3) is 5.91 Å². The molecule has 0 fully saturated rings. The molecule has 156 valence electrons. The number of carbonyl (C=O) groups excluding carboxylic acids is 1. The summed E-state index contributed by atoms with van der Waals surface area (Å²) in [6.45, 7) is 6.35. The second-order valence-corrected chi connectivity index (χ2v) is 8.36. The third-order valence-corrected chi connectivity index (χ3v) is 5.22. The number of nitrogens with zero attached hydrogens (tertiary/aromatic N) is 2. The van der Waals surface area contributed by atoms with Crippen molar-refractivity contribution in [3.8, 4) is 22.5 Å². The molecule has 1 aromatic heterocycles. The molecule has 4 aromatic rings. The SMILES string of the molecule is CC(C)CC(C)NC(=O)c1ccc2nc(-c3ccccc3)c(-c3ccccc3)nc2c1. The van der Waals surface area contributed by atoms with Gasteiger partial charge in [-0.2, -0.15) is 0 Å². The van der Waals surface area contributed by atoms with Gasteiger partial charge in [0.1, 0.15) is 0 Å². The van der Waals surface area contributed by atoms with Gasteiger partial charge in [0.05, 0.1) is 22.4 Å². The normalized spacial score (nSPS) is 12.1. The zero-order valence-electron chi connectivity index (χ0n) is 18.2. The molecule has 4 heteroatoms. The molecule has 4 rings (SSSR count). The maximum atomic E-state index is 12.8. The van der Waals surface area contributed by atoms with Crippen LogP contribution in [-0.4, -0.2) is 21.9 Å². The van der Waals surface area contributed by atoms with Gasteiger partial charge in [0.2, 0.25) is 0 Å². The molecule has 0 bridgehead atoms. The molecule has 1 amide bonds. The highest BCUT2D eigenvalue weighted by molar-refractivity contribution is 5.98. The predicted molar refractivity (Wildman–Crippen MR) is 127 cm³/mol. The Hall–Kier alpha value is -3.53. The van der Waals surface area contributed by atoms with E-state index in [1.165, 1.54) is 0 Å². The second-order valence-electron chi connectivity index (χ2n) is 8.36. The van der Waals surface area contributed by atoms with E-state index in [1.807, 2.05) is 85.8 Å². The van der Waals surface area contributed by atoms with E-state index in [2.05, 4.69) is 19.2 Å². The van der Waals surface area contributed by atoms with Crippen LogP contribution in [0, 0.1) is 5.92 Å². The lowest BCUT2D eigenvalue weighted by molar-refractivity contribution is 0.0936. The van der Waals surface area contributed by atoms with Gasteiger partial charge in [0.15, 0.2) is 0 Å². The van der Waals surface area contributed by atoms with E-state index in [9.17, 15) is 4.79 Å². The van der Waals surface area contributed by atoms with Crippen LogP contribution in [0.25, 0.3) is 33.5 Å². The number of rotatable bonds is 6. The monoisotopic (exact) mass is 409 g/mol. The van der Waals surface area contributed by atoms with Gasteiger partial charge in [-0.3, -0.25) is 4.79 Å². The Balaban J connectivity index is 1.77. The fraction of sp³-hybridized carbons (Fsp3) is 0.222. The number of carbonyl (C=O) groups is 1. The van der Waals surface area contributed by atoms with Gasteiger partial charge in [-0.15, -0.1) is 0 Å². The van der Waals surface area contributed by atoms with Gasteiger partial charge in [0, 0.05) is 22.7 Å². The van der Waals surface area contributed by atoms with Crippen LogP contribution in [0.5, 0.6) is 0 Å². The Labute approximate surface area is 183 Å². The summed E-state index contributed by atoms with van der Waals surface area (Å²) in [5, 5.41) is 3.09. The van der Waals surface area contributed by atoms with Crippen molar-refractivity contribution in [3.63, 3.8) is 0 Å². The van der Waals surface area contributed by atoms with Crippen LogP contribution in [0.1, 0.15) is 37.6 Å².